The average Bonchev–Trinajstić information content (AvgIpc) is 2.97. The number of hydrazone groups is 1. The van der Waals surface area contributed by atoms with Crippen LogP contribution < -0.4 is 9.91 Å². The van der Waals surface area contributed by atoms with Gasteiger partial charge in [-0.25, -0.2) is 0 Å². The minimum atomic E-state index is -0.201. The number of hydrogen-bond acceptors (Lipinski definition) is 4. The molecule has 0 radical (unpaired) electrons. The lowest BCUT2D eigenvalue weighted by atomic mass is 10.1. The fraction of sp³-hybridized carbons (Fsp3) is 0.238. The first-order chi connectivity index (χ1) is 13.5. The molecule has 28 heavy (non-hydrogen) atoms. The highest BCUT2D eigenvalue weighted by Crippen LogP contribution is 2.30. The number of carbonyl (C=O) groups is 1. The number of hydrogen-bond donors (Lipinski definition) is 0. The molecular weight excluding hydrogens is 397 g/mol. The van der Waals surface area contributed by atoms with Crippen molar-refractivity contribution in [1.82, 2.24) is 0 Å². The van der Waals surface area contributed by atoms with Crippen molar-refractivity contribution in [2.24, 2.45) is 5.10 Å². The van der Waals surface area contributed by atoms with Crippen LogP contribution >= 0.6 is 23.2 Å². The van der Waals surface area contributed by atoms with Crippen LogP contribution in [0.3, 0.4) is 0 Å². The van der Waals surface area contributed by atoms with E-state index >= 15 is 0 Å². The molecule has 2 aromatic carbocycles. The normalized spacial score (nSPS) is 18.8. The summed E-state index contributed by atoms with van der Waals surface area (Å²) in [6.45, 7) is 5.10. The van der Waals surface area contributed by atoms with Gasteiger partial charge in [-0.05, 0) is 48.9 Å². The number of rotatable bonds is 3. The second-order valence-electron chi connectivity index (χ2n) is 6.68. The molecule has 0 aromatic heterocycles. The number of anilines is 2. The van der Waals surface area contributed by atoms with Gasteiger partial charge in [0.15, 0.2) is 0 Å². The van der Waals surface area contributed by atoms with Crippen molar-refractivity contribution in [2.45, 2.75) is 6.92 Å². The fourth-order valence-electron chi connectivity index (χ4n) is 3.29. The van der Waals surface area contributed by atoms with E-state index in [0.29, 0.717) is 27.0 Å². The lowest BCUT2D eigenvalue weighted by Gasteiger charge is -2.28. The van der Waals surface area contributed by atoms with Gasteiger partial charge in [-0.15, -0.1) is 0 Å². The lowest BCUT2D eigenvalue weighted by molar-refractivity contribution is -0.114. The van der Waals surface area contributed by atoms with Crippen LogP contribution in [0.5, 0.6) is 0 Å². The zero-order valence-corrected chi connectivity index (χ0v) is 16.9. The predicted octanol–water partition coefficient (Wildman–Crippen LogP) is 4.64. The Labute approximate surface area is 173 Å². The van der Waals surface area contributed by atoms with Gasteiger partial charge in [0, 0.05) is 28.8 Å². The molecule has 0 aliphatic carbocycles. The molecular formula is C21H19Cl2N3O2. The molecule has 1 saturated heterocycles. The number of benzene rings is 2. The zero-order valence-electron chi connectivity index (χ0n) is 15.4. The molecule has 2 aromatic rings. The van der Waals surface area contributed by atoms with Gasteiger partial charge in [-0.1, -0.05) is 35.3 Å². The third kappa shape index (κ3) is 3.92. The number of carbonyl (C=O) groups excluding carboxylic acids is 1. The van der Waals surface area contributed by atoms with Crippen LogP contribution in [-0.4, -0.2) is 37.9 Å². The van der Waals surface area contributed by atoms with Crippen molar-refractivity contribution in [3.8, 4) is 0 Å². The van der Waals surface area contributed by atoms with E-state index in [2.05, 4.69) is 22.1 Å². The van der Waals surface area contributed by atoms with Crippen molar-refractivity contribution in [3.05, 3.63) is 63.6 Å². The van der Waals surface area contributed by atoms with E-state index in [-0.39, 0.29) is 5.91 Å². The Balaban J connectivity index is 1.56. The van der Waals surface area contributed by atoms with Crippen LogP contribution in [0.2, 0.25) is 10.0 Å². The van der Waals surface area contributed by atoms with Crippen LogP contribution in [0.15, 0.2) is 53.1 Å². The van der Waals surface area contributed by atoms with Crippen LogP contribution in [0, 0.1) is 0 Å². The molecule has 2 aliphatic rings. The molecule has 4 rings (SSSR count). The van der Waals surface area contributed by atoms with Crippen molar-refractivity contribution in [1.29, 1.82) is 0 Å². The van der Waals surface area contributed by atoms with Gasteiger partial charge < -0.3 is 9.64 Å². The Morgan fingerprint density at radius 1 is 1.00 bits per heavy atom. The highest BCUT2D eigenvalue weighted by molar-refractivity contribution is 6.36. The van der Waals surface area contributed by atoms with Crippen LogP contribution in [-0.2, 0) is 9.53 Å². The molecule has 0 N–H and O–H groups in total. The maximum absolute atomic E-state index is 12.9. The van der Waals surface area contributed by atoms with E-state index in [4.69, 9.17) is 27.9 Å². The van der Waals surface area contributed by atoms with E-state index in [9.17, 15) is 4.79 Å². The molecule has 144 valence electrons. The van der Waals surface area contributed by atoms with Crippen LogP contribution in [0.4, 0.5) is 11.4 Å². The van der Waals surface area contributed by atoms with Crippen molar-refractivity contribution < 1.29 is 9.53 Å². The standard InChI is InChI=1S/C21H19Cl2N3O2/c1-14-20(21(27)26(24-14)19-12-16(22)11-17(23)13-19)10-15-2-4-18(5-3-15)25-6-8-28-9-7-25/h2-5,10-13H,6-9H2,1H3/b20-10-. The number of ether oxygens (including phenoxy) is 1. The summed E-state index contributed by atoms with van der Waals surface area (Å²) in [6, 6.07) is 13.1. The number of morpholine rings is 1. The highest BCUT2D eigenvalue weighted by atomic mass is 35.5. The quantitative estimate of drug-likeness (QED) is 0.686. The smallest absolute Gasteiger partial charge is 0.280 e. The minimum absolute atomic E-state index is 0.201. The Hall–Kier alpha value is -2.34. The second-order valence-corrected chi connectivity index (χ2v) is 7.55. The number of amides is 1. The maximum Gasteiger partial charge on any atom is 0.280 e. The average molecular weight is 416 g/mol. The molecule has 1 fully saturated rings. The van der Waals surface area contributed by atoms with E-state index < -0.39 is 0 Å². The molecule has 0 bridgehead atoms. The Morgan fingerprint density at radius 3 is 2.29 bits per heavy atom. The molecule has 7 heteroatoms. The van der Waals surface area contributed by atoms with Gasteiger partial charge in [0.2, 0.25) is 0 Å². The summed E-state index contributed by atoms with van der Waals surface area (Å²) < 4.78 is 5.40. The molecule has 1 amide bonds. The van der Waals surface area contributed by atoms with E-state index in [0.717, 1.165) is 37.6 Å². The topological polar surface area (TPSA) is 45.1 Å². The van der Waals surface area contributed by atoms with E-state index in [1.54, 1.807) is 18.2 Å². The van der Waals surface area contributed by atoms with Crippen molar-refractivity contribution >= 4 is 52.3 Å². The number of halogens is 2. The molecule has 0 saturated carbocycles. The molecule has 2 aliphatic heterocycles. The lowest BCUT2D eigenvalue weighted by Crippen LogP contribution is -2.36. The largest absolute Gasteiger partial charge is 0.378 e. The molecule has 5 nitrogen and oxygen atoms in total. The minimum Gasteiger partial charge on any atom is -0.378 e. The SMILES string of the molecule is CC1=NN(c2cc(Cl)cc(Cl)c2)C(=O)/C1=C\c1ccc(N2CCOCC2)cc1. The molecule has 0 atom stereocenters. The predicted molar refractivity (Wildman–Crippen MR) is 115 cm³/mol. The molecule has 0 unspecified atom stereocenters. The van der Waals surface area contributed by atoms with E-state index in [1.807, 2.05) is 25.1 Å². The first-order valence-corrected chi connectivity index (χ1v) is 9.77. The Morgan fingerprint density at radius 2 is 1.64 bits per heavy atom. The third-order valence-corrected chi connectivity index (χ3v) is 5.17. The highest BCUT2D eigenvalue weighted by Gasteiger charge is 2.29. The molecule has 2 heterocycles. The van der Waals surface area contributed by atoms with E-state index in [1.165, 1.54) is 5.01 Å². The monoisotopic (exact) mass is 415 g/mol. The van der Waals surface area contributed by atoms with Gasteiger partial charge in [0.05, 0.1) is 30.2 Å². The Bertz CT molecular complexity index is 944. The summed E-state index contributed by atoms with van der Waals surface area (Å²) in [4.78, 5) is 15.2. The summed E-state index contributed by atoms with van der Waals surface area (Å²) in [5.74, 6) is -0.201. The zero-order chi connectivity index (χ0) is 19.7. The second kappa shape index (κ2) is 7.95. The van der Waals surface area contributed by atoms with Crippen LogP contribution in [0.1, 0.15) is 12.5 Å². The van der Waals surface area contributed by atoms with Gasteiger partial charge in [0.1, 0.15) is 0 Å². The first kappa shape index (κ1) is 19.0. The van der Waals surface area contributed by atoms with Gasteiger partial charge >= 0.3 is 0 Å². The van der Waals surface area contributed by atoms with Crippen LogP contribution in [0.25, 0.3) is 6.08 Å². The maximum atomic E-state index is 12.9. The third-order valence-electron chi connectivity index (χ3n) is 4.73. The number of nitrogens with zero attached hydrogens (tertiary/aromatic N) is 3. The van der Waals surface area contributed by atoms with Gasteiger partial charge in [0.25, 0.3) is 5.91 Å². The molecule has 0 spiro atoms. The van der Waals surface area contributed by atoms with Crippen molar-refractivity contribution in [2.75, 3.05) is 36.2 Å². The fourth-order valence-corrected chi connectivity index (χ4v) is 3.80. The summed E-state index contributed by atoms with van der Waals surface area (Å²) in [5.41, 5.74) is 3.85. The summed E-state index contributed by atoms with van der Waals surface area (Å²) in [6.07, 6.45) is 1.86. The summed E-state index contributed by atoms with van der Waals surface area (Å²) >= 11 is 12.1. The Kier molecular flexibility index (Phi) is 5.40. The summed E-state index contributed by atoms with van der Waals surface area (Å²) in [5, 5.41) is 6.63. The first-order valence-electron chi connectivity index (χ1n) is 9.02. The van der Waals surface area contributed by atoms with Gasteiger partial charge in [-0.3, -0.25) is 4.79 Å². The van der Waals surface area contributed by atoms with Gasteiger partial charge in [-0.2, -0.15) is 10.1 Å². The van der Waals surface area contributed by atoms with Crippen molar-refractivity contribution in [3.63, 3.8) is 0 Å². The summed E-state index contributed by atoms with van der Waals surface area (Å²) in [7, 11) is 0.